The molecule has 144 valence electrons. The number of unbranched alkanes of at least 4 members (excludes halogenated alkanes) is 10. The Morgan fingerprint density at radius 2 is 1.16 bits per heavy atom. The van der Waals surface area contributed by atoms with Gasteiger partial charge >= 0.3 is 0 Å². The first-order valence-electron chi connectivity index (χ1n) is 10.7. The van der Waals surface area contributed by atoms with E-state index in [0.29, 0.717) is 0 Å². The maximum Gasteiger partial charge on any atom is 0.0451 e. The van der Waals surface area contributed by atoms with E-state index in [1.165, 1.54) is 95.7 Å². The van der Waals surface area contributed by atoms with E-state index in [2.05, 4.69) is 30.9 Å². The van der Waals surface area contributed by atoms with Gasteiger partial charge in [-0.25, -0.2) is 0 Å². The molecule has 2 heteroatoms. The van der Waals surface area contributed by atoms with E-state index in [9.17, 15) is 0 Å². The maximum absolute atomic E-state index is 6.38. The van der Waals surface area contributed by atoms with Gasteiger partial charge in [0.1, 0.15) is 0 Å². The molecule has 0 aromatic heterocycles. The highest BCUT2D eigenvalue weighted by Crippen LogP contribution is 2.18. The van der Waals surface area contributed by atoms with Crippen LogP contribution in [0.3, 0.4) is 0 Å². The van der Waals surface area contributed by atoms with E-state index in [4.69, 9.17) is 11.6 Å². The van der Waals surface area contributed by atoms with Crippen molar-refractivity contribution < 1.29 is 0 Å². The molecular weight excluding hydrogens is 326 g/mol. The number of rotatable bonds is 16. The Hall–Kier alpha value is -0.530. The van der Waals surface area contributed by atoms with Crippen LogP contribution in [-0.4, -0.2) is 18.0 Å². The van der Waals surface area contributed by atoms with Gasteiger partial charge in [0.15, 0.2) is 0 Å². The molecule has 0 amide bonds. The third-order valence-corrected chi connectivity index (χ3v) is 5.38. The van der Waals surface area contributed by atoms with Gasteiger partial charge in [0.05, 0.1) is 0 Å². The van der Waals surface area contributed by atoms with Crippen LogP contribution in [0.1, 0.15) is 96.5 Å². The van der Waals surface area contributed by atoms with Gasteiger partial charge in [0, 0.05) is 11.6 Å². The lowest BCUT2D eigenvalue weighted by molar-refractivity contribution is 0.252. The van der Waals surface area contributed by atoms with Gasteiger partial charge in [0.2, 0.25) is 0 Å². The highest BCUT2D eigenvalue weighted by Gasteiger charge is 2.08. The Morgan fingerprint density at radius 1 is 0.680 bits per heavy atom. The van der Waals surface area contributed by atoms with Crippen molar-refractivity contribution in [3.05, 3.63) is 34.9 Å². The molecule has 0 aliphatic rings. The average Bonchev–Trinajstić information content (AvgIpc) is 2.62. The Labute approximate surface area is 162 Å². The third-order valence-electron chi connectivity index (χ3n) is 5.01. The summed E-state index contributed by atoms with van der Waals surface area (Å²) >= 11 is 6.38. The summed E-state index contributed by atoms with van der Waals surface area (Å²) in [5, 5.41) is 0.915. The van der Waals surface area contributed by atoms with Gasteiger partial charge in [-0.2, -0.15) is 0 Å². The first-order valence-corrected chi connectivity index (χ1v) is 11.1. The van der Waals surface area contributed by atoms with E-state index < -0.39 is 0 Å². The Balaban J connectivity index is 2.34. The fourth-order valence-electron chi connectivity index (χ4n) is 3.37. The monoisotopic (exact) mass is 365 g/mol. The molecule has 25 heavy (non-hydrogen) atoms. The summed E-state index contributed by atoms with van der Waals surface area (Å²) in [6, 6.07) is 8.33. The van der Waals surface area contributed by atoms with Crippen LogP contribution in [0.2, 0.25) is 5.02 Å². The molecule has 0 atom stereocenters. The zero-order chi connectivity index (χ0) is 18.2. The van der Waals surface area contributed by atoms with Gasteiger partial charge in [-0.3, -0.25) is 4.90 Å². The van der Waals surface area contributed by atoms with Crippen LogP contribution >= 0.6 is 11.6 Å². The van der Waals surface area contributed by atoms with E-state index in [1.54, 1.807) is 0 Å². The molecule has 0 fully saturated rings. The summed E-state index contributed by atoms with van der Waals surface area (Å²) in [7, 11) is 0. The van der Waals surface area contributed by atoms with Crippen LogP contribution < -0.4 is 0 Å². The summed E-state index contributed by atoms with van der Waals surface area (Å²) < 4.78 is 0. The second-order valence-electron chi connectivity index (χ2n) is 7.40. The Morgan fingerprint density at radius 3 is 1.68 bits per heavy atom. The standard InChI is InChI=1S/C23H40ClN/c1-3-5-7-9-11-15-19-25(20-16-12-10-8-6-4-2)21-22-17-13-14-18-23(22)24/h13-14,17-18H,3-12,15-16,19-21H2,1-2H3. The average molecular weight is 366 g/mol. The van der Waals surface area contributed by atoms with Crippen molar-refractivity contribution >= 4 is 11.6 Å². The van der Waals surface area contributed by atoms with Crippen LogP contribution in [-0.2, 0) is 6.54 Å². The highest BCUT2D eigenvalue weighted by molar-refractivity contribution is 6.31. The second-order valence-corrected chi connectivity index (χ2v) is 7.81. The van der Waals surface area contributed by atoms with Crippen molar-refractivity contribution in [3.63, 3.8) is 0 Å². The summed E-state index contributed by atoms with van der Waals surface area (Å²) in [6.07, 6.45) is 16.4. The fourth-order valence-corrected chi connectivity index (χ4v) is 3.56. The number of halogens is 1. The maximum atomic E-state index is 6.38. The van der Waals surface area contributed by atoms with Gasteiger partial charge < -0.3 is 0 Å². The first-order chi connectivity index (χ1) is 12.3. The van der Waals surface area contributed by atoms with Crippen molar-refractivity contribution in [1.29, 1.82) is 0 Å². The van der Waals surface area contributed by atoms with Crippen LogP contribution in [0, 0.1) is 0 Å². The smallest absolute Gasteiger partial charge is 0.0451 e. The van der Waals surface area contributed by atoms with E-state index in [-0.39, 0.29) is 0 Å². The molecule has 0 unspecified atom stereocenters. The molecular formula is C23H40ClN. The summed E-state index contributed by atoms with van der Waals surface area (Å²) in [4.78, 5) is 2.63. The van der Waals surface area contributed by atoms with Crippen molar-refractivity contribution in [2.75, 3.05) is 13.1 Å². The fraction of sp³-hybridized carbons (Fsp3) is 0.739. The predicted octanol–water partition coefficient (Wildman–Crippen LogP) is 7.86. The van der Waals surface area contributed by atoms with Gasteiger partial charge in [0.25, 0.3) is 0 Å². The molecule has 0 saturated carbocycles. The molecule has 0 spiro atoms. The zero-order valence-electron chi connectivity index (χ0n) is 16.7. The van der Waals surface area contributed by atoms with E-state index in [1.807, 2.05) is 12.1 Å². The van der Waals surface area contributed by atoms with Gasteiger partial charge in [-0.1, -0.05) is 108 Å². The SMILES string of the molecule is CCCCCCCCN(CCCCCCCC)Cc1ccccc1Cl. The van der Waals surface area contributed by atoms with E-state index >= 15 is 0 Å². The minimum Gasteiger partial charge on any atom is -0.299 e. The third kappa shape index (κ3) is 11.7. The Kier molecular flexibility index (Phi) is 14.1. The van der Waals surface area contributed by atoms with Crippen LogP contribution in [0.4, 0.5) is 0 Å². The highest BCUT2D eigenvalue weighted by atomic mass is 35.5. The number of hydrogen-bond acceptors (Lipinski definition) is 1. The summed E-state index contributed by atoms with van der Waals surface area (Å²) in [5.41, 5.74) is 1.28. The number of benzene rings is 1. The van der Waals surface area contributed by atoms with Crippen LogP contribution in [0.25, 0.3) is 0 Å². The van der Waals surface area contributed by atoms with Crippen LogP contribution in [0.5, 0.6) is 0 Å². The lowest BCUT2D eigenvalue weighted by Crippen LogP contribution is -2.26. The Bertz CT molecular complexity index is 402. The molecule has 1 nitrogen and oxygen atoms in total. The quantitative estimate of drug-likeness (QED) is 0.269. The van der Waals surface area contributed by atoms with Crippen molar-refractivity contribution in [2.45, 2.75) is 97.4 Å². The van der Waals surface area contributed by atoms with Crippen LogP contribution in [0.15, 0.2) is 24.3 Å². The molecule has 1 aromatic rings. The van der Waals surface area contributed by atoms with Crippen molar-refractivity contribution in [2.24, 2.45) is 0 Å². The molecule has 0 bridgehead atoms. The van der Waals surface area contributed by atoms with Crippen molar-refractivity contribution in [1.82, 2.24) is 4.90 Å². The van der Waals surface area contributed by atoms with Gasteiger partial charge in [-0.15, -0.1) is 0 Å². The second kappa shape index (κ2) is 15.7. The molecule has 0 saturated heterocycles. The van der Waals surface area contributed by atoms with Gasteiger partial charge in [-0.05, 0) is 37.6 Å². The topological polar surface area (TPSA) is 3.24 Å². The molecule has 0 heterocycles. The first kappa shape index (κ1) is 22.5. The molecule has 1 aromatic carbocycles. The molecule has 0 radical (unpaired) electrons. The molecule has 0 N–H and O–H groups in total. The lowest BCUT2D eigenvalue weighted by Gasteiger charge is -2.23. The molecule has 1 rings (SSSR count). The normalized spacial score (nSPS) is 11.4. The molecule has 0 aliphatic heterocycles. The zero-order valence-corrected chi connectivity index (χ0v) is 17.5. The lowest BCUT2D eigenvalue weighted by atomic mass is 10.1. The van der Waals surface area contributed by atoms with E-state index in [0.717, 1.165) is 11.6 Å². The number of hydrogen-bond donors (Lipinski definition) is 0. The minimum atomic E-state index is 0.915. The summed E-state index contributed by atoms with van der Waals surface area (Å²) in [6.45, 7) is 8.00. The predicted molar refractivity (Wildman–Crippen MR) is 113 cm³/mol. The minimum absolute atomic E-state index is 0.915. The summed E-state index contributed by atoms with van der Waals surface area (Å²) in [5.74, 6) is 0. The molecule has 0 aliphatic carbocycles. The number of nitrogens with zero attached hydrogens (tertiary/aromatic N) is 1. The van der Waals surface area contributed by atoms with Crippen molar-refractivity contribution in [3.8, 4) is 0 Å². The largest absolute Gasteiger partial charge is 0.299 e.